The highest BCUT2D eigenvalue weighted by Gasteiger charge is 2.91. The van der Waals surface area contributed by atoms with E-state index < -0.39 is 22.9 Å². The number of rotatable bonds is 1. The van der Waals surface area contributed by atoms with Crippen LogP contribution in [-0.4, -0.2) is 53.8 Å². The molecule has 3 heterocycles. The third-order valence-electron chi connectivity index (χ3n) is 11.2. The molecule has 0 amide bonds. The predicted molar refractivity (Wildman–Crippen MR) is 105 cm³/mol. The van der Waals surface area contributed by atoms with Crippen LogP contribution in [0.5, 0.6) is 0 Å². The molecule has 0 N–H and O–H groups in total. The van der Waals surface area contributed by atoms with Gasteiger partial charge in [-0.3, -0.25) is 14.4 Å². The van der Waals surface area contributed by atoms with Crippen molar-refractivity contribution in [1.29, 1.82) is 0 Å². The van der Waals surface area contributed by atoms with Crippen molar-refractivity contribution in [3.05, 3.63) is 0 Å². The normalized spacial score (nSPS) is 60.3. The first kappa shape index (κ1) is 19.0. The predicted octanol–water partition coefficient (Wildman–Crippen LogP) is 2.34. The summed E-state index contributed by atoms with van der Waals surface area (Å²) in [5, 5.41) is 0. The highest BCUT2D eigenvalue weighted by atomic mass is 16.6. The molecule has 3 spiro atoms. The molecule has 0 aromatic rings. The van der Waals surface area contributed by atoms with Gasteiger partial charge in [0.2, 0.25) is 0 Å². The second-order valence-corrected chi connectivity index (χ2v) is 11.7. The Bertz CT molecular complexity index is 946. The first-order valence-corrected chi connectivity index (χ1v) is 11.9. The third kappa shape index (κ3) is 1.77. The lowest BCUT2D eigenvalue weighted by molar-refractivity contribution is -0.184. The molecule has 0 radical (unpaired) electrons. The number of carbonyl (C=O) groups is 3. The maximum atomic E-state index is 13.2. The van der Waals surface area contributed by atoms with Crippen molar-refractivity contribution >= 4 is 17.7 Å². The fourth-order valence-electron chi connectivity index (χ4n) is 9.63. The third-order valence-corrected chi connectivity index (χ3v) is 11.2. The quantitative estimate of drug-likeness (QED) is 0.465. The van der Waals surface area contributed by atoms with Gasteiger partial charge in [-0.15, -0.1) is 0 Å². The monoisotopic (exact) mass is 430 g/mol. The Morgan fingerprint density at radius 3 is 2.58 bits per heavy atom. The Kier molecular flexibility index (Phi) is 3.19. The minimum atomic E-state index is -0.601. The smallest absolute Gasteiger partial charge is 0.309 e. The van der Waals surface area contributed by atoms with Crippen LogP contribution in [0.1, 0.15) is 65.2 Å². The topological polar surface area (TPSA) is 94.7 Å². The van der Waals surface area contributed by atoms with Gasteiger partial charge >= 0.3 is 11.9 Å². The van der Waals surface area contributed by atoms with Gasteiger partial charge in [0.1, 0.15) is 22.9 Å². The van der Waals surface area contributed by atoms with Crippen LogP contribution in [0.15, 0.2) is 0 Å². The summed E-state index contributed by atoms with van der Waals surface area (Å²) in [6, 6.07) is 0. The summed E-state index contributed by atoms with van der Waals surface area (Å²) in [6.07, 6.45) is 5.22. The highest BCUT2D eigenvalue weighted by Crippen LogP contribution is 2.82. The van der Waals surface area contributed by atoms with Crippen LogP contribution in [0, 0.1) is 28.6 Å². The van der Waals surface area contributed by atoms with Crippen molar-refractivity contribution in [2.24, 2.45) is 28.6 Å². The summed E-state index contributed by atoms with van der Waals surface area (Å²) in [4.78, 5) is 37.9. The molecule has 4 saturated carbocycles. The first-order chi connectivity index (χ1) is 14.7. The summed E-state index contributed by atoms with van der Waals surface area (Å²) in [6.45, 7) is 4.50. The molecular weight excluding hydrogens is 400 g/mol. The number of Topliss-reactive ketones (excluding diaryl/α,β-unsaturated/α-hetero) is 1. The van der Waals surface area contributed by atoms with Crippen molar-refractivity contribution < 1.29 is 33.3 Å². The zero-order chi connectivity index (χ0) is 21.6. The Balaban J connectivity index is 1.37. The van der Waals surface area contributed by atoms with Crippen molar-refractivity contribution in [2.45, 2.75) is 94.2 Å². The van der Waals surface area contributed by atoms with E-state index in [1.165, 1.54) is 7.11 Å². The van der Waals surface area contributed by atoms with E-state index in [9.17, 15) is 14.4 Å². The maximum absolute atomic E-state index is 13.2. The van der Waals surface area contributed by atoms with Crippen LogP contribution in [0.4, 0.5) is 0 Å². The number of epoxide rings is 2. The second kappa shape index (κ2) is 5.19. The molecule has 3 saturated heterocycles. The van der Waals surface area contributed by atoms with Gasteiger partial charge in [0.05, 0.1) is 19.1 Å². The first-order valence-electron chi connectivity index (χ1n) is 11.9. The molecule has 10 atom stereocenters. The molecule has 2 unspecified atom stereocenters. The van der Waals surface area contributed by atoms with Gasteiger partial charge in [-0.2, -0.15) is 0 Å². The van der Waals surface area contributed by atoms with Crippen molar-refractivity contribution in [3.8, 4) is 0 Å². The fourth-order valence-corrected chi connectivity index (χ4v) is 9.63. The van der Waals surface area contributed by atoms with Crippen LogP contribution in [0.3, 0.4) is 0 Å². The number of ether oxygens (including phenoxy) is 4. The van der Waals surface area contributed by atoms with E-state index >= 15 is 0 Å². The number of fused-ring (bicyclic) bond motifs is 3. The highest BCUT2D eigenvalue weighted by molar-refractivity contribution is 5.89. The molecule has 31 heavy (non-hydrogen) atoms. The molecule has 4 aliphatic carbocycles. The summed E-state index contributed by atoms with van der Waals surface area (Å²) in [5.41, 5.74) is -2.00. The Hall–Kier alpha value is -1.47. The minimum Gasteiger partial charge on any atom is -0.469 e. The number of carbonyl (C=O) groups excluding carboxylic acids is 3. The van der Waals surface area contributed by atoms with E-state index in [2.05, 4.69) is 13.8 Å². The summed E-state index contributed by atoms with van der Waals surface area (Å²) in [5.74, 6) is -0.325. The van der Waals surface area contributed by atoms with Gasteiger partial charge in [0, 0.05) is 29.6 Å². The van der Waals surface area contributed by atoms with Crippen molar-refractivity contribution in [1.82, 2.24) is 0 Å². The van der Waals surface area contributed by atoms with Gasteiger partial charge in [-0.1, -0.05) is 13.8 Å². The number of esters is 2. The molecule has 7 nitrogen and oxygen atoms in total. The molecule has 7 fully saturated rings. The van der Waals surface area contributed by atoms with Crippen molar-refractivity contribution in [2.75, 3.05) is 7.11 Å². The maximum Gasteiger partial charge on any atom is 0.309 e. The summed E-state index contributed by atoms with van der Waals surface area (Å²) >= 11 is 0. The lowest BCUT2D eigenvalue weighted by Crippen LogP contribution is -2.68. The summed E-state index contributed by atoms with van der Waals surface area (Å²) < 4.78 is 24.2. The molecule has 7 heteroatoms. The molecule has 0 aromatic heterocycles. The van der Waals surface area contributed by atoms with Gasteiger partial charge in [0.25, 0.3) is 0 Å². The molecule has 7 aliphatic rings. The second-order valence-electron chi connectivity index (χ2n) is 11.7. The molecule has 0 aromatic carbocycles. The van der Waals surface area contributed by atoms with E-state index in [0.717, 1.165) is 32.1 Å². The lowest BCUT2D eigenvalue weighted by Gasteiger charge is -2.59. The van der Waals surface area contributed by atoms with E-state index in [1.54, 1.807) is 0 Å². The van der Waals surface area contributed by atoms with E-state index in [0.29, 0.717) is 19.3 Å². The van der Waals surface area contributed by atoms with E-state index in [-0.39, 0.29) is 52.4 Å². The van der Waals surface area contributed by atoms with Gasteiger partial charge in [0.15, 0.2) is 5.78 Å². The summed E-state index contributed by atoms with van der Waals surface area (Å²) in [7, 11) is 1.44. The Morgan fingerprint density at radius 2 is 1.87 bits per heavy atom. The van der Waals surface area contributed by atoms with E-state index in [4.69, 9.17) is 18.9 Å². The average Bonchev–Trinajstić information content (AvgIpc) is 3.59. The van der Waals surface area contributed by atoms with Crippen LogP contribution in [0.2, 0.25) is 0 Å². The Morgan fingerprint density at radius 1 is 1.06 bits per heavy atom. The SMILES string of the molecule is COC(=O)[C@@H]1C[C@@]23O[C@@H]2C(=O)CC[C@]3(C)[C@@]23O[C@@H]2C[C@@]2(C)C(CC[C@@]24CCC(=O)O4)C13. The van der Waals surface area contributed by atoms with E-state index in [1.807, 2.05) is 0 Å². The molecule has 0 bridgehead atoms. The van der Waals surface area contributed by atoms with Crippen molar-refractivity contribution in [3.63, 3.8) is 0 Å². The van der Waals surface area contributed by atoms with Crippen LogP contribution >= 0.6 is 0 Å². The molecule has 168 valence electrons. The van der Waals surface area contributed by atoms with Crippen LogP contribution in [-0.2, 0) is 33.3 Å². The zero-order valence-corrected chi connectivity index (χ0v) is 18.4. The lowest BCUT2D eigenvalue weighted by atomic mass is 9.41. The number of methoxy groups -OCH3 is 1. The standard InChI is InChI=1S/C24H30O7/c1-20-11-15-24(29-15)17(13(20)4-8-22(20)9-6-16(26)30-22)12(19(27)28-3)10-23-18(31-23)14(25)5-7-21(23,24)2/h12-13,15,17-18H,4-11H2,1-3H3/t12-,13?,15-,17?,18-,20+,21+,22-,23-,24-/m1/s1. The van der Waals surface area contributed by atoms with Gasteiger partial charge < -0.3 is 18.9 Å². The van der Waals surface area contributed by atoms with Crippen LogP contribution < -0.4 is 0 Å². The molecule has 3 aliphatic heterocycles. The molecular formula is C24H30O7. The fraction of sp³-hybridized carbons (Fsp3) is 0.875. The zero-order valence-electron chi connectivity index (χ0n) is 18.4. The minimum absolute atomic E-state index is 0.000380. The van der Waals surface area contributed by atoms with Gasteiger partial charge in [-0.05, 0) is 44.4 Å². The average molecular weight is 430 g/mol. The number of hydrogen-bond donors (Lipinski definition) is 0. The largest absolute Gasteiger partial charge is 0.469 e. The molecule has 7 rings (SSSR count). The number of ketones is 1. The van der Waals surface area contributed by atoms with Gasteiger partial charge in [-0.25, -0.2) is 0 Å². The Labute approximate surface area is 181 Å². The number of hydrogen-bond acceptors (Lipinski definition) is 7. The van der Waals surface area contributed by atoms with Crippen LogP contribution in [0.25, 0.3) is 0 Å².